The van der Waals surface area contributed by atoms with Gasteiger partial charge >= 0.3 is 0 Å². The van der Waals surface area contributed by atoms with E-state index in [0.29, 0.717) is 12.6 Å². The Morgan fingerprint density at radius 3 is 2.96 bits per heavy atom. The van der Waals surface area contributed by atoms with Crippen LogP contribution in [0.5, 0.6) is 0 Å². The van der Waals surface area contributed by atoms with Crippen molar-refractivity contribution in [3.05, 3.63) is 35.4 Å². The van der Waals surface area contributed by atoms with E-state index in [4.69, 9.17) is 10.5 Å². The van der Waals surface area contributed by atoms with Gasteiger partial charge in [0.1, 0.15) is 0 Å². The lowest BCUT2D eigenvalue weighted by molar-refractivity contribution is -0.125. The molecule has 132 valence electrons. The monoisotopic (exact) mass is 331 g/mol. The van der Waals surface area contributed by atoms with Crippen LogP contribution in [0.3, 0.4) is 0 Å². The van der Waals surface area contributed by atoms with Gasteiger partial charge in [-0.3, -0.25) is 9.69 Å². The molecule has 1 aromatic rings. The van der Waals surface area contributed by atoms with E-state index in [1.54, 1.807) is 0 Å². The van der Waals surface area contributed by atoms with Crippen molar-refractivity contribution >= 4 is 5.91 Å². The maximum atomic E-state index is 12.3. The van der Waals surface area contributed by atoms with Gasteiger partial charge in [-0.25, -0.2) is 0 Å². The number of benzene rings is 1. The molecule has 0 bridgehead atoms. The van der Waals surface area contributed by atoms with Gasteiger partial charge in [0.05, 0.1) is 18.6 Å². The van der Waals surface area contributed by atoms with Gasteiger partial charge in [-0.2, -0.15) is 0 Å². The van der Waals surface area contributed by atoms with Gasteiger partial charge in [-0.15, -0.1) is 0 Å². The summed E-state index contributed by atoms with van der Waals surface area (Å²) in [5.41, 5.74) is 8.44. The molecule has 24 heavy (non-hydrogen) atoms. The highest BCUT2D eigenvalue weighted by Crippen LogP contribution is 2.24. The van der Waals surface area contributed by atoms with E-state index in [2.05, 4.69) is 41.4 Å². The number of rotatable bonds is 5. The minimum atomic E-state index is -0.0111. The smallest absolute Gasteiger partial charge is 0.224 e. The van der Waals surface area contributed by atoms with Gasteiger partial charge in [0.25, 0.3) is 0 Å². The molecule has 0 aromatic heterocycles. The maximum absolute atomic E-state index is 12.3. The van der Waals surface area contributed by atoms with Gasteiger partial charge in [0.2, 0.25) is 5.91 Å². The van der Waals surface area contributed by atoms with Gasteiger partial charge in [-0.1, -0.05) is 30.7 Å². The Kier molecular flexibility index (Phi) is 5.87. The summed E-state index contributed by atoms with van der Waals surface area (Å²) in [7, 11) is 0. The van der Waals surface area contributed by atoms with Gasteiger partial charge in [0.15, 0.2) is 0 Å². The number of nitrogens with two attached hydrogens (primary N) is 1. The highest BCUT2D eigenvalue weighted by Gasteiger charge is 2.29. The van der Waals surface area contributed by atoms with E-state index in [9.17, 15) is 4.79 Å². The average Bonchev–Trinajstić information content (AvgIpc) is 2.99. The van der Waals surface area contributed by atoms with E-state index in [1.165, 1.54) is 5.56 Å². The molecule has 1 aliphatic heterocycles. The minimum absolute atomic E-state index is 0.0111. The van der Waals surface area contributed by atoms with Crippen molar-refractivity contribution in [1.82, 2.24) is 10.2 Å². The molecular weight excluding hydrogens is 302 g/mol. The number of ether oxygens (including phenoxy) is 1. The van der Waals surface area contributed by atoms with Gasteiger partial charge in [-0.05, 0) is 30.9 Å². The molecule has 3 unspecified atom stereocenters. The van der Waals surface area contributed by atoms with Crippen LogP contribution in [0.15, 0.2) is 24.3 Å². The van der Waals surface area contributed by atoms with Crippen LogP contribution in [0.2, 0.25) is 0 Å². The summed E-state index contributed by atoms with van der Waals surface area (Å²) >= 11 is 0. The normalized spacial score (nSPS) is 28.0. The average molecular weight is 331 g/mol. The quantitative estimate of drug-likeness (QED) is 0.861. The van der Waals surface area contributed by atoms with Crippen LogP contribution in [0, 0.1) is 5.92 Å². The molecule has 0 spiro atoms. The zero-order valence-electron chi connectivity index (χ0n) is 14.5. The first-order valence-corrected chi connectivity index (χ1v) is 9.07. The van der Waals surface area contributed by atoms with Crippen molar-refractivity contribution in [2.75, 3.05) is 19.7 Å². The fourth-order valence-corrected chi connectivity index (χ4v) is 3.76. The SMILES string of the molecule is CC1CN(Cc2cccc(CNC(=O)C3CCCC3N)c2)CCO1. The molecule has 1 amide bonds. The molecule has 5 heteroatoms. The number of hydrogen-bond donors (Lipinski definition) is 2. The molecule has 1 saturated heterocycles. The molecule has 2 aliphatic rings. The fraction of sp³-hybridized carbons (Fsp3) is 0.632. The fourth-order valence-electron chi connectivity index (χ4n) is 3.76. The number of hydrogen-bond acceptors (Lipinski definition) is 4. The third kappa shape index (κ3) is 4.56. The topological polar surface area (TPSA) is 67.6 Å². The molecule has 3 rings (SSSR count). The molecule has 2 fully saturated rings. The van der Waals surface area contributed by atoms with Crippen molar-refractivity contribution in [2.24, 2.45) is 11.7 Å². The highest BCUT2D eigenvalue weighted by molar-refractivity contribution is 5.79. The molecule has 1 saturated carbocycles. The predicted octanol–water partition coefficient (Wildman–Crippen LogP) is 1.65. The Balaban J connectivity index is 1.52. The second kappa shape index (κ2) is 8.10. The predicted molar refractivity (Wildman–Crippen MR) is 94.3 cm³/mol. The molecule has 0 radical (unpaired) electrons. The summed E-state index contributed by atoms with van der Waals surface area (Å²) < 4.78 is 5.59. The minimum Gasteiger partial charge on any atom is -0.376 e. The van der Waals surface area contributed by atoms with Crippen molar-refractivity contribution < 1.29 is 9.53 Å². The Hall–Kier alpha value is -1.43. The largest absolute Gasteiger partial charge is 0.376 e. The first-order valence-electron chi connectivity index (χ1n) is 9.07. The van der Waals surface area contributed by atoms with Crippen LogP contribution >= 0.6 is 0 Å². The molecule has 5 nitrogen and oxygen atoms in total. The van der Waals surface area contributed by atoms with Crippen molar-refractivity contribution in [3.8, 4) is 0 Å². The number of morpholine rings is 1. The van der Waals surface area contributed by atoms with Crippen LogP contribution in [-0.4, -0.2) is 42.6 Å². The zero-order chi connectivity index (χ0) is 16.9. The van der Waals surface area contributed by atoms with E-state index in [1.807, 2.05) is 0 Å². The Bertz CT molecular complexity index is 563. The third-order valence-electron chi connectivity index (χ3n) is 5.10. The van der Waals surface area contributed by atoms with Crippen molar-refractivity contribution in [2.45, 2.75) is 51.4 Å². The summed E-state index contributed by atoms with van der Waals surface area (Å²) in [6, 6.07) is 8.51. The summed E-state index contributed by atoms with van der Waals surface area (Å²) in [4.78, 5) is 14.7. The van der Waals surface area contributed by atoms with E-state index < -0.39 is 0 Å². The standard InChI is InChI=1S/C19H29N3O2/c1-14-12-22(8-9-24-14)13-16-5-2-4-15(10-16)11-21-19(23)17-6-3-7-18(17)20/h2,4-5,10,14,17-18H,3,6-9,11-13,20H2,1H3,(H,21,23). The number of carbonyl (C=O) groups excluding carboxylic acids is 1. The van der Waals surface area contributed by atoms with Crippen molar-refractivity contribution in [3.63, 3.8) is 0 Å². The molecule has 1 aliphatic carbocycles. The Labute approximate surface area is 144 Å². The zero-order valence-corrected chi connectivity index (χ0v) is 14.5. The third-order valence-corrected chi connectivity index (χ3v) is 5.10. The van der Waals surface area contributed by atoms with Gasteiger partial charge in [0, 0.05) is 32.2 Å². The van der Waals surface area contributed by atoms with Crippen LogP contribution in [0.4, 0.5) is 0 Å². The highest BCUT2D eigenvalue weighted by atomic mass is 16.5. The number of carbonyl (C=O) groups is 1. The second-order valence-electron chi connectivity index (χ2n) is 7.16. The number of amides is 1. The summed E-state index contributed by atoms with van der Waals surface area (Å²) in [6.07, 6.45) is 3.25. The Morgan fingerprint density at radius 1 is 1.38 bits per heavy atom. The van der Waals surface area contributed by atoms with Crippen LogP contribution < -0.4 is 11.1 Å². The lowest BCUT2D eigenvalue weighted by Crippen LogP contribution is -2.40. The summed E-state index contributed by atoms with van der Waals surface area (Å²) in [5.74, 6) is 0.0930. The first-order chi connectivity index (χ1) is 11.6. The summed E-state index contributed by atoms with van der Waals surface area (Å²) in [5, 5.41) is 3.06. The van der Waals surface area contributed by atoms with E-state index >= 15 is 0 Å². The van der Waals surface area contributed by atoms with Crippen molar-refractivity contribution in [1.29, 1.82) is 0 Å². The van der Waals surface area contributed by atoms with Crippen LogP contribution in [-0.2, 0) is 22.6 Å². The van der Waals surface area contributed by atoms with Crippen LogP contribution in [0.25, 0.3) is 0 Å². The lowest BCUT2D eigenvalue weighted by atomic mass is 10.0. The van der Waals surface area contributed by atoms with E-state index in [-0.39, 0.29) is 17.9 Å². The summed E-state index contributed by atoms with van der Waals surface area (Å²) in [6.45, 7) is 6.38. The lowest BCUT2D eigenvalue weighted by Gasteiger charge is -2.31. The molecule has 1 aromatic carbocycles. The van der Waals surface area contributed by atoms with Crippen LogP contribution in [0.1, 0.15) is 37.3 Å². The van der Waals surface area contributed by atoms with E-state index in [0.717, 1.165) is 51.1 Å². The second-order valence-corrected chi connectivity index (χ2v) is 7.16. The molecule has 1 heterocycles. The molecular formula is C19H29N3O2. The van der Waals surface area contributed by atoms with Gasteiger partial charge < -0.3 is 15.8 Å². The molecule has 3 N–H and O–H groups in total. The molecule has 3 atom stereocenters. The number of nitrogens with one attached hydrogen (secondary N) is 1. The first kappa shape index (κ1) is 17.4. The number of nitrogens with zero attached hydrogens (tertiary/aromatic N) is 1. The maximum Gasteiger partial charge on any atom is 0.224 e. The Morgan fingerprint density at radius 2 is 2.21 bits per heavy atom.